The normalized spacial score (nSPS) is 14.1. The molecular formula is C21H23N3O6. The number of carbonyl (C=O) groups excluding carboxylic acids is 2. The first-order valence-corrected chi connectivity index (χ1v) is 9.72. The van der Waals surface area contributed by atoms with Crippen LogP contribution in [0, 0.1) is 10.1 Å². The summed E-state index contributed by atoms with van der Waals surface area (Å²) in [5.41, 5.74) is -0.112. The molecule has 0 saturated carbocycles. The molecule has 1 fully saturated rings. The average Bonchev–Trinajstić information content (AvgIpc) is 2.75. The number of nitro benzene ring substituents is 1. The van der Waals surface area contributed by atoms with E-state index in [9.17, 15) is 19.7 Å². The van der Waals surface area contributed by atoms with E-state index in [1.165, 1.54) is 18.2 Å². The van der Waals surface area contributed by atoms with E-state index in [-0.39, 0.29) is 29.1 Å². The predicted octanol–water partition coefficient (Wildman–Crippen LogP) is 3.74. The molecule has 2 amide bonds. The fourth-order valence-corrected chi connectivity index (χ4v) is 3.20. The lowest BCUT2D eigenvalue weighted by Crippen LogP contribution is -2.46. The number of hydrogen-bond donors (Lipinski definition) is 1. The van der Waals surface area contributed by atoms with Crippen LogP contribution in [0.1, 0.15) is 30.1 Å². The molecule has 1 heterocycles. The van der Waals surface area contributed by atoms with Gasteiger partial charge in [-0.3, -0.25) is 14.9 Å². The molecule has 0 aliphatic carbocycles. The highest BCUT2D eigenvalue weighted by Crippen LogP contribution is 2.29. The van der Waals surface area contributed by atoms with Crippen molar-refractivity contribution in [1.29, 1.82) is 0 Å². The summed E-state index contributed by atoms with van der Waals surface area (Å²) in [6.45, 7) is 2.99. The highest BCUT2D eigenvalue weighted by Gasteiger charge is 2.26. The molecule has 0 radical (unpaired) electrons. The van der Waals surface area contributed by atoms with Crippen LogP contribution in [0.15, 0.2) is 48.5 Å². The molecule has 0 atom stereocenters. The maximum Gasteiger partial charge on any atom is 0.409 e. The molecule has 0 bridgehead atoms. The summed E-state index contributed by atoms with van der Waals surface area (Å²) in [5, 5.41) is 14.1. The molecule has 9 nitrogen and oxygen atoms in total. The van der Waals surface area contributed by atoms with Crippen LogP contribution in [0.4, 0.5) is 10.5 Å². The maximum absolute atomic E-state index is 12.9. The number of amides is 2. The Hall–Kier alpha value is -3.62. The third-order valence-electron chi connectivity index (χ3n) is 4.75. The Labute approximate surface area is 173 Å². The average molecular weight is 413 g/mol. The first-order chi connectivity index (χ1) is 14.5. The van der Waals surface area contributed by atoms with Crippen molar-refractivity contribution in [2.75, 3.05) is 19.7 Å². The Bertz CT molecular complexity index is 910. The third kappa shape index (κ3) is 5.25. The van der Waals surface area contributed by atoms with Crippen LogP contribution in [0.3, 0.4) is 0 Å². The molecular weight excluding hydrogens is 390 g/mol. The van der Waals surface area contributed by atoms with Crippen LogP contribution >= 0.6 is 0 Å². The Balaban J connectivity index is 1.72. The van der Waals surface area contributed by atoms with E-state index in [0.29, 0.717) is 38.3 Å². The van der Waals surface area contributed by atoms with E-state index in [0.717, 1.165) is 0 Å². The van der Waals surface area contributed by atoms with Crippen molar-refractivity contribution in [2.45, 2.75) is 25.8 Å². The minimum absolute atomic E-state index is 0.0841. The number of nitro groups is 1. The summed E-state index contributed by atoms with van der Waals surface area (Å²) >= 11 is 0. The highest BCUT2D eigenvalue weighted by molar-refractivity contribution is 5.98. The van der Waals surface area contributed by atoms with Gasteiger partial charge in [-0.1, -0.05) is 18.2 Å². The molecule has 1 aliphatic rings. The van der Waals surface area contributed by atoms with Gasteiger partial charge in [0.15, 0.2) is 0 Å². The standard InChI is InChI=1S/C21H23N3O6/c1-2-29-21(26)23-12-10-15(11-13-23)22-20(25)18-14-16(24(27)28)8-9-19(18)30-17-6-4-3-5-7-17/h3-9,14-15H,2,10-13H2,1H3,(H,22,25). The van der Waals surface area contributed by atoms with Crippen LogP contribution in [0.25, 0.3) is 0 Å². The maximum atomic E-state index is 12.9. The number of ether oxygens (including phenoxy) is 2. The van der Waals surface area contributed by atoms with Gasteiger partial charge in [0.05, 0.1) is 17.1 Å². The largest absolute Gasteiger partial charge is 0.457 e. The molecule has 30 heavy (non-hydrogen) atoms. The summed E-state index contributed by atoms with van der Waals surface area (Å²) in [5.74, 6) is 0.288. The van der Waals surface area contributed by atoms with E-state index in [1.54, 1.807) is 36.1 Å². The Kier molecular flexibility index (Phi) is 6.84. The van der Waals surface area contributed by atoms with Crippen molar-refractivity contribution < 1.29 is 24.0 Å². The number of benzene rings is 2. The summed E-state index contributed by atoms with van der Waals surface area (Å²) in [6, 6.07) is 12.6. The highest BCUT2D eigenvalue weighted by atomic mass is 16.6. The van der Waals surface area contributed by atoms with E-state index in [2.05, 4.69) is 5.32 Å². The number of rotatable bonds is 6. The fourth-order valence-electron chi connectivity index (χ4n) is 3.20. The molecule has 2 aromatic carbocycles. The smallest absolute Gasteiger partial charge is 0.409 e. The SMILES string of the molecule is CCOC(=O)N1CCC(NC(=O)c2cc([N+](=O)[O-])ccc2Oc2ccccc2)CC1. The quantitative estimate of drug-likeness (QED) is 0.570. The monoisotopic (exact) mass is 413 g/mol. The molecule has 9 heteroatoms. The van der Waals surface area contributed by atoms with E-state index >= 15 is 0 Å². The zero-order chi connectivity index (χ0) is 21.5. The van der Waals surface area contributed by atoms with Gasteiger partial charge in [-0.25, -0.2) is 4.79 Å². The van der Waals surface area contributed by atoms with Gasteiger partial charge < -0.3 is 19.7 Å². The molecule has 2 aromatic rings. The minimum Gasteiger partial charge on any atom is -0.457 e. The predicted molar refractivity (Wildman–Crippen MR) is 109 cm³/mol. The van der Waals surface area contributed by atoms with Crippen molar-refractivity contribution in [1.82, 2.24) is 10.2 Å². The van der Waals surface area contributed by atoms with Crippen molar-refractivity contribution in [2.24, 2.45) is 0 Å². The zero-order valence-electron chi connectivity index (χ0n) is 16.6. The van der Waals surface area contributed by atoms with Gasteiger partial charge in [0.1, 0.15) is 11.5 Å². The molecule has 0 spiro atoms. The minimum atomic E-state index is -0.555. The van der Waals surface area contributed by atoms with Crippen LogP contribution < -0.4 is 10.1 Å². The third-order valence-corrected chi connectivity index (χ3v) is 4.75. The molecule has 1 aliphatic heterocycles. The first kappa shape index (κ1) is 21.1. The molecule has 0 aromatic heterocycles. The second-order valence-electron chi connectivity index (χ2n) is 6.79. The summed E-state index contributed by atoms with van der Waals surface area (Å²) in [4.78, 5) is 36.9. The lowest BCUT2D eigenvalue weighted by atomic mass is 10.0. The van der Waals surface area contributed by atoms with Crippen molar-refractivity contribution in [3.8, 4) is 11.5 Å². The Morgan fingerprint density at radius 3 is 2.50 bits per heavy atom. The lowest BCUT2D eigenvalue weighted by molar-refractivity contribution is -0.384. The molecule has 1 N–H and O–H groups in total. The Morgan fingerprint density at radius 1 is 1.17 bits per heavy atom. The molecule has 0 unspecified atom stereocenters. The molecule has 158 valence electrons. The van der Waals surface area contributed by atoms with Gasteiger partial charge in [0.2, 0.25) is 0 Å². The lowest BCUT2D eigenvalue weighted by Gasteiger charge is -2.31. The van der Waals surface area contributed by atoms with E-state index in [1.807, 2.05) is 6.07 Å². The van der Waals surface area contributed by atoms with Gasteiger partial charge in [-0.2, -0.15) is 0 Å². The fraction of sp³-hybridized carbons (Fsp3) is 0.333. The van der Waals surface area contributed by atoms with Crippen LogP contribution in [-0.4, -0.2) is 47.6 Å². The van der Waals surface area contributed by atoms with Crippen molar-refractivity contribution >= 4 is 17.7 Å². The van der Waals surface area contributed by atoms with Crippen LogP contribution in [0.2, 0.25) is 0 Å². The summed E-state index contributed by atoms with van der Waals surface area (Å²) < 4.78 is 10.8. The number of nitrogens with zero attached hydrogens (tertiary/aromatic N) is 2. The van der Waals surface area contributed by atoms with Crippen molar-refractivity contribution in [3.05, 3.63) is 64.2 Å². The number of piperidine rings is 1. The van der Waals surface area contributed by atoms with Crippen LogP contribution in [-0.2, 0) is 4.74 Å². The van der Waals surface area contributed by atoms with Gasteiger partial charge in [0.25, 0.3) is 11.6 Å². The number of hydrogen-bond acceptors (Lipinski definition) is 6. The van der Waals surface area contributed by atoms with Gasteiger partial charge >= 0.3 is 6.09 Å². The molecule has 1 saturated heterocycles. The van der Waals surface area contributed by atoms with Crippen molar-refractivity contribution in [3.63, 3.8) is 0 Å². The summed E-state index contributed by atoms with van der Waals surface area (Å²) in [7, 11) is 0. The topological polar surface area (TPSA) is 111 Å². The molecule has 3 rings (SSSR count). The van der Waals surface area contributed by atoms with E-state index < -0.39 is 10.8 Å². The number of para-hydroxylation sites is 1. The van der Waals surface area contributed by atoms with E-state index in [4.69, 9.17) is 9.47 Å². The van der Waals surface area contributed by atoms with Gasteiger partial charge in [0, 0.05) is 31.3 Å². The van der Waals surface area contributed by atoms with Gasteiger partial charge in [-0.05, 0) is 38.0 Å². The second-order valence-corrected chi connectivity index (χ2v) is 6.79. The Morgan fingerprint density at radius 2 is 1.87 bits per heavy atom. The number of carbonyl (C=O) groups is 2. The summed E-state index contributed by atoms with van der Waals surface area (Å²) in [6.07, 6.45) is 0.766. The number of non-ortho nitro benzene ring substituents is 1. The van der Waals surface area contributed by atoms with Crippen LogP contribution in [0.5, 0.6) is 11.5 Å². The zero-order valence-corrected chi connectivity index (χ0v) is 16.6. The van der Waals surface area contributed by atoms with Gasteiger partial charge in [-0.15, -0.1) is 0 Å². The first-order valence-electron chi connectivity index (χ1n) is 9.72. The second kappa shape index (κ2) is 9.73. The number of nitrogens with one attached hydrogen (secondary N) is 1. The number of likely N-dealkylation sites (tertiary alicyclic amines) is 1.